The Bertz CT molecular complexity index is 242. The van der Waals surface area contributed by atoms with Crippen LogP contribution in [0.5, 0.6) is 0 Å². The maximum atomic E-state index is 4.23. The SMILES string of the molecule is Sc1ccccccccc1. The molecule has 56 valence electrons. The highest BCUT2D eigenvalue weighted by Crippen LogP contribution is 1.98. The molecule has 0 saturated carbocycles. The van der Waals surface area contributed by atoms with Gasteiger partial charge in [-0.25, -0.2) is 0 Å². The first-order chi connectivity index (χ1) is 5.39. The number of hydrogen-bond acceptors (Lipinski definition) is 1. The Morgan fingerprint density at radius 2 is 1.00 bits per heavy atom. The molecule has 0 fully saturated rings. The maximum absolute atomic E-state index is 4.23. The molecule has 11 heavy (non-hydrogen) atoms. The van der Waals surface area contributed by atoms with E-state index in [0.717, 1.165) is 4.90 Å². The van der Waals surface area contributed by atoms with Gasteiger partial charge in [0.25, 0.3) is 0 Å². The molecule has 1 aromatic carbocycles. The van der Waals surface area contributed by atoms with Gasteiger partial charge in [0.1, 0.15) is 0 Å². The molecule has 0 aliphatic carbocycles. The lowest BCUT2D eigenvalue weighted by molar-refractivity contribution is 1.51. The van der Waals surface area contributed by atoms with Gasteiger partial charge in [-0.15, -0.1) is 12.6 Å². The third kappa shape index (κ3) is 3.68. The molecule has 0 aliphatic heterocycles. The molecule has 0 amide bonds. The Balaban J connectivity index is 3.11. The molecule has 0 N–H and O–H groups in total. The molecule has 1 heteroatoms. The first-order valence-electron chi connectivity index (χ1n) is 3.47. The molecule has 0 unspecified atom stereocenters. The second-order valence-electron chi connectivity index (χ2n) is 2.11. The van der Waals surface area contributed by atoms with Crippen LogP contribution in [0.25, 0.3) is 0 Å². The van der Waals surface area contributed by atoms with Crippen molar-refractivity contribution in [1.29, 1.82) is 0 Å². The Hall–Kier alpha value is -0.950. The summed E-state index contributed by atoms with van der Waals surface area (Å²) in [7, 11) is 0. The summed E-state index contributed by atoms with van der Waals surface area (Å²) in [5.74, 6) is 0. The molecule has 0 aliphatic rings. The van der Waals surface area contributed by atoms with Crippen LogP contribution >= 0.6 is 12.6 Å². The Morgan fingerprint density at radius 1 is 0.636 bits per heavy atom. The van der Waals surface area contributed by atoms with Crippen molar-refractivity contribution < 1.29 is 0 Å². The molecule has 1 rings (SSSR count). The van der Waals surface area contributed by atoms with Crippen molar-refractivity contribution in [3.05, 3.63) is 54.6 Å². The molecular weight excluding hydrogens is 152 g/mol. The van der Waals surface area contributed by atoms with Crippen LogP contribution in [0.15, 0.2) is 59.5 Å². The first kappa shape index (κ1) is 8.15. The topological polar surface area (TPSA) is 0 Å². The van der Waals surface area contributed by atoms with Crippen molar-refractivity contribution in [3.8, 4) is 0 Å². The van der Waals surface area contributed by atoms with Crippen LogP contribution in [0.1, 0.15) is 0 Å². The van der Waals surface area contributed by atoms with Crippen LogP contribution in [0, 0.1) is 0 Å². The van der Waals surface area contributed by atoms with Crippen LogP contribution in [-0.2, 0) is 0 Å². The summed E-state index contributed by atoms with van der Waals surface area (Å²) in [5, 5.41) is 0. The lowest BCUT2D eigenvalue weighted by Gasteiger charge is -1.79. The molecule has 0 nitrogen and oxygen atoms in total. The van der Waals surface area contributed by atoms with Crippen molar-refractivity contribution in [2.24, 2.45) is 0 Å². The Morgan fingerprint density at radius 3 is 1.45 bits per heavy atom. The van der Waals surface area contributed by atoms with Gasteiger partial charge >= 0.3 is 0 Å². The van der Waals surface area contributed by atoms with Crippen LogP contribution in [0.4, 0.5) is 0 Å². The molecule has 0 heterocycles. The summed E-state index contributed by atoms with van der Waals surface area (Å²) in [6.45, 7) is 0. The summed E-state index contributed by atoms with van der Waals surface area (Å²) in [6.07, 6.45) is 0. The van der Waals surface area contributed by atoms with E-state index in [-0.39, 0.29) is 0 Å². The normalized spacial score (nSPS) is 8.45. The average molecular weight is 162 g/mol. The van der Waals surface area contributed by atoms with E-state index < -0.39 is 0 Å². The predicted molar refractivity (Wildman–Crippen MR) is 51.3 cm³/mol. The van der Waals surface area contributed by atoms with Gasteiger partial charge in [0.2, 0.25) is 0 Å². The third-order valence-corrected chi connectivity index (χ3v) is 1.50. The minimum atomic E-state index is 0.959. The second kappa shape index (κ2) is 4.80. The number of rotatable bonds is 0. The third-order valence-electron chi connectivity index (χ3n) is 1.20. The molecule has 1 aromatic rings. The highest BCUT2D eigenvalue weighted by Gasteiger charge is 1.70. The fourth-order valence-electron chi connectivity index (χ4n) is 0.685. The van der Waals surface area contributed by atoms with Crippen molar-refractivity contribution in [2.45, 2.75) is 4.90 Å². The highest BCUT2D eigenvalue weighted by molar-refractivity contribution is 7.80. The zero-order valence-corrected chi connectivity index (χ0v) is 7.04. The van der Waals surface area contributed by atoms with E-state index in [0.29, 0.717) is 0 Å². The van der Waals surface area contributed by atoms with Crippen molar-refractivity contribution >= 4 is 12.6 Å². The summed E-state index contributed by atoms with van der Waals surface area (Å²) >= 11 is 4.23. The average Bonchev–Trinajstić information content (AvgIpc) is 2.03. The fraction of sp³-hybridized carbons (Fsp3) is 0. The van der Waals surface area contributed by atoms with E-state index in [1.54, 1.807) is 0 Å². The minimum absolute atomic E-state index is 0.959. The fourth-order valence-corrected chi connectivity index (χ4v) is 0.857. The molecule has 0 bridgehead atoms. The van der Waals surface area contributed by atoms with E-state index in [4.69, 9.17) is 0 Å². The van der Waals surface area contributed by atoms with E-state index in [1.165, 1.54) is 0 Å². The van der Waals surface area contributed by atoms with Gasteiger partial charge in [0, 0.05) is 4.90 Å². The largest absolute Gasteiger partial charge is 0.143 e. The zero-order valence-electron chi connectivity index (χ0n) is 6.14. The lowest BCUT2D eigenvalue weighted by atomic mass is 10.4. The zero-order chi connectivity index (χ0) is 7.94. The number of thiol groups is 1. The van der Waals surface area contributed by atoms with Gasteiger partial charge in [-0.3, -0.25) is 0 Å². The van der Waals surface area contributed by atoms with Crippen LogP contribution in [0.3, 0.4) is 0 Å². The van der Waals surface area contributed by atoms with Gasteiger partial charge in [0.05, 0.1) is 0 Å². The van der Waals surface area contributed by atoms with Crippen LogP contribution < -0.4 is 0 Å². The standard InChI is InChI=1S/C10H10S/c11-10-8-6-4-2-1-3-5-7-9-10/h1-9,11H. The monoisotopic (exact) mass is 162 g/mol. The van der Waals surface area contributed by atoms with E-state index in [9.17, 15) is 0 Å². The number of hydrogen-bond donors (Lipinski definition) is 1. The summed E-state index contributed by atoms with van der Waals surface area (Å²) in [4.78, 5) is 0.959. The first-order valence-corrected chi connectivity index (χ1v) is 3.91. The van der Waals surface area contributed by atoms with Gasteiger partial charge in [-0.05, 0) is 12.1 Å². The van der Waals surface area contributed by atoms with E-state index in [1.807, 2.05) is 54.6 Å². The quantitative estimate of drug-likeness (QED) is 0.557. The highest BCUT2D eigenvalue weighted by atomic mass is 32.1. The summed E-state index contributed by atoms with van der Waals surface area (Å²) < 4.78 is 0. The van der Waals surface area contributed by atoms with Crippen molar-refractivity contribution in [1.82, 2.24) is 0 Å². The summed E-state index contributed by atoms with van der Waals surface area (Å²) in [5.41, 5.74) is 0. The second-order valence-corrected chi connectivity index (χ2v) is 2.62. The van der Waals surface area contributed by atoms with E-state index in [2.05, 4.69) is 12.6 Å². The van der Waals surface area contributed by atoms with Crippen molar-refractivity contribution in [3.63, 3.8) is 0 Å². The van der Waals surface area contributed by atoms with Gasteiger partial charge in [-0.2, -0.15) is 0 Å². The van der Waals surface area contributed by atoms with Crippen LogP contribution in [-0.4, -0.2) is 0 Å². The Kier molecular flexibility index (Phi) is 3.56. The summed E-state index contributed by atoms with van der Waals surface area (Å²) in [6, 6.07) is 17.7. The lowest BCUT2D eigenvalue weighted by Crippen LogP contribution is -1.54. The van der Waals surface area contributed by atoms with Crippen molar-refractivity contribution in [2.75, 3.05) is 0 Å². The molecule has 0 spiro atoms. The van der Waals surface area contributed by atoms with Gasteiger partial charge in [-0.1, -0.05) is 42.5 Å². The minimum Gasteiger partial charge on any atom is -0.143 e. The molecule has 0 aromatic heterocycles. The maximum Gasteiger partial charge on any atom is 0.00399 e. The van der Waals surface area contributed by atoms with E-state index >= 15 is 0 Å². The van der Waals surface area contributed by atoms with Gasteiger partial charge in [0.15, 0.2) is 0 Å². The smallest absolute Gasteiger partial charge is 0.00399 e. The molecular formula is C10H10S. The molecule has 0 atom stereocenters. The van der Waals surface area contributed by atoms with Crippen LogP contribution in [0.2, 0.25) is 0 Å². The van der Waals surface area contributed by atoms with Gasteiger partial charge < -0.3 is 0 Å². The molecule has 0 saturated heterocycles. The predicted octanol–water partition coefficient (Wildman–Crippen LogP) is 3.10. The molecule has 0 radical (unpaired) electrons. The Labute approximate surface area is 72.6 Å².